The number of morpholine rings is 1. The SMILES string of the molecule is CN1CCOC2(CNC2)C1.Cl.Cl. The first-order chi connectivity index (χ1) is 4.81. The van der Waals surface area contributed by atoms with Crippen LogP contribution in [0.5, 0.6) is 0 Å². The van der Waals surface area contributed by atoms with Gasteiger partial charge in [0.15, 0.2) is 0 Å². The van der Waals surface area contributed by atoms with E-state index < -0.39 is 0 Å². The molecule has 2 saturated heterocycles. The number of likely N-dealkylation sites (N-methyl/N-ethyl adjacent to an activating group) is 1. The van der Waals surface area contributed by atoms with E-state index in [2.05, 4.69) is 17.3 Å². The van der Waals surface area contributed by atoms with Crippen LogP contribution in [0.1, 0.15) is 0 Å². The summed E-state index contributed by atoms with van der Waals surface area (Å²) in [6.45, 7) is 5.16. The fourth-order valence-electron chi connectivity index (χ4n) is 1.65. The zero-order valence-corrected chi connectivity index (χ0v) is 8.84. The van der Waals surface area contributed by atoms with Gasteiger partial charge >= 0.3 is 0 Å². The van der Waals surface area contributed by atoms with Crippen molar-refractivity contribution in [2.75, 3.05) is 39.8 Å². The summed E-state index contributed by atoms with van der Waals surface area (Å²) in [5.41, 5.74) is 0.188. The van der Waals surface area contributed by atoms with E-state index in [-0.39, 0.29) is 30.4 Å². The molecule has 0 aromatic rings. The van der Waals surface area contributed by atoms with Crippen LogP contribution in [0.4, 0.5) is 0 Å². The molecule has 2 heterocycles. The third-order valence-corrected chi connectivity index (χ3v) is 2.33. The van der Waals surface area contributed by atoms with Crippen molar-refractivity contribution in [3.05, 3.63) is 0 Å². The Hall–Kier alpha value is 0.460. The highest BCUT2D eigenvalue weighted by Crippen LogP contribution is 2.20. The van der Waals surface area contributed by atoms with Crippen LogP contribution >= 0.6 is 24.8 Å². The molecule has 74 valence electrons. The highest BCUT2D eigenvalue weighted by Gasteiger charge is 2.40. The average molecular weight is 215 g/mol. The molecule has 1 spiro atoms. The van der Waals surface area contributed by atoms with Gasteiger partial charge in [0.2, 0.25) is 0 Å². The fraction of sp³-hybridized carbons (Fsp3) is 1.00. The maximum atomic E-state index is 5.67. The van der Waals surface area contributed by atoms with Gasteiger partial charge in [-0.05, 0) is 7.05 Å². The lowest BCUT2D eigenvalue weighted by atomic mass is 9.95. The first-order valence-electron chi connectivity index (χ1n) is 3.84. The summed E-state index contributed by atoms with van der Waals surface area (Å²) < 4.78 is 5.67. The Morgan fingerprint density at radius 2 is 2.00 bits per heavy atom. The molecular formula is C7H16Cl2N2O. The van der Waals surface area contributed by atoms with Gasteiger partial charge in [-0.1, -0.05) is 0 Å². The van der Waals surface area contributed by atoms with Crippen molar-refractivity contribution in [3.63, 3.8) is 0 Å². The minimum absolute atomic E-state index is 0. The van der Waals surface area contributed by atoms with Crippen molar-refractivity contribution >= 4 is 24.8 Å². The predicted octanol–water partition coefficient (Wildman–Crippen LogP) is 0.134. The number of rotatable bonds is 0. The Balaban J connectivity index is 0.000000605. The van der Waals surface area contributed by atoms with E-state index in [0.717, 1.165) is 32.8 Å². The Labute approximate surface area is 85.6 Å². The van der Waals surface area contributed by atoms with Gasteiger partial charge in [-0.25, -0.2) is 0 Å². The lowest BCUT2D eigenvalue weighted by molar-refractivity contribution is -0.130. The van der Waals surface area contributed by atoms with Crippen LogP contribution in [-0.4, -0.2) is 50.3 Å². The van der Waals surface area contributed by atoms with E-state index in [0.29, 0.717) is 0 Å². The van der Waals surface area contributed by atoms with Crippen LogP contribution < -0.4 is 5.32 Å². The summed E-state index contributed by atoms with van der Waals surface area (Å²) in [6.07, 6.45) is 0. The summed E-state index contributed by atoms with van der Waals surface area (Å²) in [4.78, 5) is 2.34. The van der Waals surface area contributed by atoms with Crippen LogP contribution in [0.25, 0.3) is 0 Å². The van der Waals surface area contributed by atoms with E-state index in [1.807, 2.05) is 0 Å². The van der Waals surface area contributed by atoms with Crippen LogP contribution in [-0.2, 0) is 4.74 Å². The fourth-order valence-corrected chi connectivity index (χ4v) is 1.65. The summed E-state index contributed by atoms with van der Waals surface area (Å²) >= 11 is 0. The number of hydrogen-bond donors (Lipinski definition) is 1. The first kappa shape index (κ1) is 12.5. The second kappa shape index (κ2) is 4.63. The molecule has 2 rings (SSSR count). The molecule has 3 nitrogen and oxygen atoms in total. The zero-order chi connectivity index (χ0) is 7.03. The predicted molar refractivity (Wildman–Crippen MR) is 53.5 cm³/mol. The van der Waals surface area contributed by atoms with Gasteiger partial charge in [-0.3, -0.25) is 0 Å². The largest absolute Gasteiger partial charge is 0.370 e. The molecule has 0 amide bonds. The number of nitrogens with zero attached hydrogens (tertiary/aromatic N) is 1. The Kier molecular flexibility index (Phi) is 4.81. The highest BCUT2D eigenvalue weighted by atomic mass is 35.5. The molecule has 5 heteroatoms. The number of ether oxygens (including phenoxy) is 1. The number of hydrogen-bond acceptors (Lipinski definition) is 3. The summed E-state index contributed by atoms with van der Waals surface area (Å²) in [5, 5.41) is 3.24. The molecule has 2 aliphatic heterocycles. The van der Waals surface area contributed by atoms with Gasteiger partial charge in [-0.2, -0.15) is 0 Å². The third-order valence-electron chi connectivity index (χ3n) is 2.33. The summed E-state index contributed by atoms with van der Waals surface area (Å²) in [5.74, 6) is 0. The highest BCUT2D eigenvalue weighted by molar-refractivity contribution is 5.85. The van der Waals surface area contributed by atoms with E-state index in [9.17, 15) is 0 Å². The Bertz CT molecular complexity index is 141. The average Bonchev–Trinajstić information content (AvgIpc) is 1.85. The quantitative estimate of drug-likeness (QED) is 0.621. The van der Waals surface area contributed by atoms with Crippen molar-refractivity contribution in [1.29, 1.82) is 0 Å². The Morgan fingerprint density at radius 3 is 2.33 bits per heavy atom. The molecule has 0 radical (unpaired) electrons. The topological polar surface area (TPSA) is 24.5 Å². The van der Waals surface area contributed by atoms with Crippen molar-refractivity contribution < 1.29 is 4.74 Å². The second-order valence-electron chi connectivity index (χ2n) is 3.37. The molecule has 12 heavy (non-hydrogen) atoms. The van der Waals surface area contributed by atoms with Crippen molar-refractivity contribution in [2.45, 2.75) is 5.60 Å². The van der Waals surface area contributed by atoms with Crippen LogP contribution in [0.15, 0.2) is 0 Å². The molecule has 2 aliphatic rings. The smallest absolute Gasteiger partial charge is 0.106 e. The molecule has 0 aromatic heterocycles. The molecule has 1 N–H and O–H groups in total. The van der Waals surface area contributed by atoms with Gasteiger partial charge in [0.1, 0.15) is 5.60 Å². The molecular weight excluding hydrogens is 199 g/mol. The van der Waals surface area contributed by atoms with Crippen molar-refractivity contribution in [3.8, 4) is 0 Å². The van der Waals surface area contributed by atoms with Crippen LogP contribution in [0, 0.1) is 0 Å². The molecule has 0 unspecified atom stereocenters. The van der Waals surface area contributed by atoms with E-state index in [4.69, 9.17) is 4.74 Å². The lowest BCUT2D eigenvalue weighted by Crippen LogP contribution is -2.68. The van der Waals surface area contributed by atoms with E-state index >= 15 is 0 Å². The van der Waals surface area contributed by atoms with Gasteiger partial charge in [0.25, 0.3) is 0 Å². The van der Waals surface area contributed by atoms with Crippen molar-refractivity contribution in [1.82, 2.24) is 10.2 Å². The minimum atomic E-state index is 0. The van der Waals surface area contributed by atoms with Gasteiger partial charge in [0.05, 0.1) is 6.61 Å². The second-order valence-corrected chi connectivity index (χ2v) is 3.37. The minimum Gasteiger partial charge on any atom is -0.370 e. The number of nitrogens with one attached hydrogen (secondary N) is 1. The maximum absolute atomic E-state index is 5.67. The summed E-state index contributed by atoms with van der Waals surface area (Å²) in [6, 6.07) is 0. The molecule has 0 aromatic carbocycles. The monoisotopic (exact) mass is 214 g/mol. The van der Waals surface area contributed by atoms with Crippen LogP contribution in [0.2, 0.25) is 0 Å². The molecule has 0 atom stereocenters. The first-order valence-corrected chi connectivity index (χ1v) is 3.84. The lowest BCUT2D eigenvalue weighted by Gasteiger charge is -2.47. The van der Waals surface area contributed by atoms with Crippen molar-refractivity contribution in [2.24, 2.45) is 0 Å². The standard InChI is InChI=1S/C7H14N2O.2ClH/c1-9-2-3-10-7(6-9)4-8-5-7;;/h8H,2-6H2,1H3;2*1H. The maximum Gasteiger partial charge on any atom is 0.106 e. The molecule has 0 bridgehead atoms. The molecule has 0 aliphatic carbocycles. The van der Waals surface area contributed by atoms with Gasteiger partial charge in [0, 0.05) is 26.2 Å². The van der Waals surface area contributed by atoms with E-state index in [1.165, 1.54) is 0 Å². The van der Waals surface area contributed by atoms with Gasteiger partial charge < -0.3 is 15.0 Å². The zero-order valence-electron chi connectivity index (χ0n) is 7.21. The van der Waals surface area contributed by atoms with Gasteiger partial charge in [-0.15, -0.1) is 24.8 Å². The molecule has 0 saturated carbocycles. The number of halogens is 2. The van der Waals surface area contributed by atoms with E-state index in [1.54, 1.807) is 0 Å². The third kappa shape index (κ3) is 2.24. The molecule has 2 fully saturated rings. The van der Waals surface area contributed by atoms with Crippen LogP contribution in [0.3, 0.4) is 0 Å². The summed E-state index contributed by atoms with van der Waals surface area (Å²) in [7, 11) is 2.16. The normalized spacial score (nSPS) is 26.8. The Morgan fingerprint density at radius 1 is 1.33 bits per heavy atom.